The van der Waals surface area contributed by atoms with Gasteiger partial charge in [0.1, 0.15) is 0 Å². The Kier molecular flexibility index (Phi) is 7.15. The molecule has 2 aromatic carbocycles. The first kappa shape index (κ1) is 19.9. The molecule has 0 aromatic heterocycles. The van der Waals surface area contributed by atoms with Gasteiger partial charge in [-0.1, -0.05) is 48.0 Å². The van der Waals surface area contributed by atoms with Crippen LogP contribution in [-0.4, -0.2) is 26.0 Å². The lowest BCUT2D eigenvalue weighted by Gasteiger charge is -2.04. The van der Waals surface area contributed by atoms with E-state index in [1.165, 1.54) is 12.2 Å². The molecule has 2 N–H and O–H groups in total. The summed E-state index contributed by atoms with van der Waals surface area (Å²) < 4.78 is 26.5. The van der Waals surface area contributed by atoms with Gasteiger partial charge < -0.3 is 5.11 Å². The van der Waals surface area contributed by atoms with Crippen molar-refractivity contribution in [1.29, 1.82) is 0 Å². The van der Waals surface area contributed by atoms with Crippen LogP contribution in [0.4, 0.5) is 0 Å². The molecule has 0 aliphatic rings. The Hall–Kier alpha value is -2.41. The molecule has 0 saturated heterocycles. The Labute approximate surface area is 157 Å². The van der Waals surface area contributed by atoms with E-state index < -0.39 is 16.0 Å². The summed E-state index contributed by atoms with van der Waals surface area (Å²) in [6.45, 7) is 0.262. The monoisotopic (exact) mass is 391 g/mol. The number of carboxylic acid groups (broad SMARTS) is 1. The smallest absolute Gasteiger partial charge is 0.328 e. The van der Waals surface area contributed by atoms with Gasteiger partial charge >= 0.3 is 5.97 Å². The number of benzene rings is 2. The van der Waals surface area contributed by atoms with Gasteiger partial charge in [-0.15, -0.1) is 0 Å². The lowest BCUT2D eigenvalue weighted by Crippen LogP contribution is -2.23. The second-order valence-corrected chi connectivity index (χ2v) is 7.54. The Morgan fingerprint density at radius 3 is 2.19 bits per heavy atom. The van der Waals surface area contributed by atoms with Crippen LogP contribution in [0, 0.1) is 0 Å². The number of carboxylic acids is 1. The topological polar surface area (TPSA) is 83.5 Å². The van der Waals surface area contributed by atoms with Crippen molar-refractivity contribution in [3.05, 3.63) is 81.7 Å². The Bertz CT molecular complexity index is 902. The van der Waals surface area contributed by atoms with Crippen molar-refractivity contribution >= 4 is 39.7 Å². The van der Waals surface area contributed by atoms with Gasteiger partial charge in [0, 0.05) is 23.1 Å². The molecule has 2 rings (SSSR count). The summed E-state index contributed by atoms with van der Waals surface area (Å²) >= 11 is 5.79. The fourth-order valence-corrected chi connectivity index (χ4v) is 3.04. The minimum atomic E-state index is -3.53. The van der Waals surface area contributed by atoms with Crippen LogP contribution in [0.25, 0.3) is 12.2 Å². The molecular weight excluding hydrogens is 374 g/mol. The molecule has 0 heterocycles. The van der Waals surface area contributed by atoms with E-state index in [2.05, 4.69) is 4.72 Å². The fraction of sp³-hybridized carbons (Fsp3) is 0.105. The molecule has 0 atom stereocenters. The summed E-state index contributed by atoms with van der Waals surface area (Å²) in [5.74, 6) is -1.00. The number of halogens is 1. The third-order valence-electron chi connectivity index (χ3n) is 3.42. The lowest BCUT2D eigenvalue weighted by molar-refractivity contribution is -0.131. The summed E-state index contributed by atoms with van der Waals surface area (Å²) in [6, 6.07) is 14.1. The number of sulfonamides is 1. The van der Waals surface area contributed by atoms with Gasteiger partial charge in [-0.2, -0.15) is 0 Å². The van der Waals surface area contributed by atoms with E-state index in [1.807, 2.05) is 12.1 Å². The Balaban J connectivity index is 1.85. The van der Waals surface area contributed by atoms with Crippen molar-refractivity contribution in [2.75, 3.05) is 6.54 Å². The highest BCUT2D eigenvalue weighted by molar-refractivity contribution is 7.92. The van der Waals surface area contributed by atoms with Crippen LogP contribution < -0.4 is 4.72 Å². The zero-order valence-electron chi connectivity index (χ0n) is 13.8. The fourth-order valence-electron chi connectivity index (χ4n) is 2.09. The highest BCUT2D eigenvalue weighted by atomic mass is 35.5. The molecule has 0 unspecified atom stereocenters. The molecule has 0 radical (unpaired) electrons. The zero-order chi connectivity index (χ0) is 19.0. The molecule has 0 aliphatic carbocycles. The quantitative estimate of drug-likeness (QED) is 0.674. The molecule has 0 saturated carbocycles. The normalized spacial score (nSPS) is 12.0. The maximum Gasteiger partial charge on any atom is 0.328 e. The van der Waals surface area contributed by atoms with E-state index in [1.54, 1.807) is 36.4 Å². The van der Waals surface area contributed by atoms with Crippen LogP contribution in [-0.2, 0) is 21.2 Å². The Morgan fingerprint density at radius 2 is 1.58 bits per heavy atom. The molecule has 7 heteroatoms. The summed E-state index contributed by atoms with van der Waals surface area (Å²) in [4.78, 5) is 10.5. The van der Waals surface area contributed by atoms with Crippen LogP contribution in [0.3, 0.4) is 0 Å². The van der Waals surface area contributed by atoms with E-state index in [9.17, 15) is 13.2 Å². The maximum absolute atomic E-state index is 12.0. The third-order valence-corrected chi connectivity index (χ3v) is 4.78. The Morgan fingerprint density at radius 1 is 1.00 bits per heavy atom. The van der Waals surface area contributed by atoms with E-state index in [0.717, 1.165) is 28.2 Å². The summed E-state index contributed by atoms with van der Waals surface area (Å²) in [5.41, 5.74) is 2.45. The first-order valence-electron chi connectivity index (χ1n) is 7.77. The molecule has 0 spiro atoms. The average Bonchev–Trinajstić information content (AvgIpc) is 2.60. The minimum Gasteiger partial charge on any atom is -0.478 e. The lowest BCUT2D eigenvalue weighted by atomic mass is 10.1. The standard InChI is InChI=1S/C19H18ClNO4S/c20-18-8-5-17(6-9-18)12-14-26(24,25)21-13-11-16-3-1-15(2-4-16)7-10-19(22)23/h1-10,12,14,21H,11,13H2,(H,22,23)/b10-7+,14-12+. The number of hydrogen-bond donors (Lipinski definition) is 2. The SMILES string of the molecule is O=C(O)/C=C/c1ccc(CCNS(=O)(=O)/C=C/c2ccc(Cl)cc2)cc1. The van der Waals surface area contributed by atoms with Gasteiger partial charge in [0.25, 0.3) is 0 Å². The maximum atomic E-state index is 12.0. The molecule has 5 nitrogen and oxygen atoms in total. The largest absolute Gasteiger partial charge is 0.478 e. The van der Waals surface area contributed by atoms with Gasteiger partial charge in [-0.05, 0) is 47.4 Å². The molecule has 0 bridgehead atoms. The van der Waals surface area contributed by atoms with Crippen LogP contribution in [0.5, 0.6) is 0 Å². The van der Waals surface area contributed by atoms with Gasteiger partial charge in [0.05, 0.1) is 0 Å². The molecule has 136 valence electrons. The first-order chi connectivity index (χ1) is 12.3. The highest BCUT2D eigenvalue weighted by Gasteiger charge is 2.04. The van der Waals surface area contributed by atoms with Gasteiger partial charge in [-0.3, -0.25) is 0 Å². The van der Waals surface area contributed by atoms with E-state index in [4.69, 9.17) is 16.7 Å². The number of hydrogen-bond acceptors (Lipinski definition) is 3. The predicted octanol–water partition coefficient (Wildman–Crippen LogP) is 3.57. The van der Waals surface area contributed by atoms with Crippen LogP contribution in [0.15, 0.2) is 60.0 Å². The number of rotatable bonds is 8. The van der Waals surface area contributed by atoms with Crippen LogP contribution >= 0.6 is 11.6 Å². The van der Waals surface area contributed by atoms with Gasteiger partial charge in [0.15, 0.2) is 0 Å². The molecular formula is C19H18ClNO4S. The molecule has 0 fully saturated rings. The number of aliphatic carboxylic acids is 1. The van der Waals surface area contributed by atoms with Crippen molar-refractivity contribution in [3.63, 3.8) is 0 Å². The average molecular weight is 392 g/mol. The van der Waals surface area contributed by atoms with Crippen molar-refractivity contribution in [3.8, 4) is 0 Å². The second kappa shape index (κ2) is 9.33. The van der Waals surface area contributed by atoms with Crippen molar-refractivity contribution in [2.24, 2.45) is 0 Å². The molecule has 2 aromatic rings. The van der Waals surface area contributed by atoms with E-state index in [-0.39, 0.29) is 6.54 Å². The molecule has 0 amide bonds. The van der Waals surface area contributed by atoms with Crippen molar-refractivity contribution in [2.45, 2.75) is 6.42 Å². The van der Waals surface area contributed by atoms with E-state index >= 15 is 0 Å². The molecule has 0 aliphatic heterocycles. The third kappa shape index (κ3) is 7.23. The van der Waals surface area contributed by atoms with Crippen LogP contribution in [0.1, 0.15) is 16.7 Å². The predicted molar refractivity (Wildman–Crippen MR) is 104 cm³/mol. The van der Waals surface area contributed by atoms with Crippen LogP contribution in [0.2, 0.25) is 5.02 Å². The first-order valence-corrected chi connectivity index (χ1v) is 9.70. The summed E-state index contributed by atoms with van der Waals surface area (Å²) in [7, 11) is -3.53. The molecule has 26 heavy (non-hydrogen) atoms. The van der Waals surface area contributed by atoms with E-state index in [0.29, 0.717) is 11.4 Å². The second-order valence-electron chi connectivity index (χ2n) is 5.46. The van der Waals surface area contributed by atoms with Gasteiger partial charge in [0.2, 0.25) is 10.0 Å². The van der Waals surface area contributed by atoms with Crippen molar-refractivity contribution < 1.29 is 18.3 Å². The van der Waals surface area contributed by atoms with Gasteiger partial charge in [-0.25, -0.2) is 17.9 Å². The number of carbonyl (C=O) groups is 1. The summed E-state index contributed by atoms with van der Waals surface area (Å²) in [5, 5.41) is 10.3. The zero-order valence-corrected chi connectivity index (χ0v) is 15.4. The minimum absolute atomic E-state index is 0.262. The van der Waals surface area contributed by atoms with Crippen molar-refractivity contribution in [1.82, 2.24) is 4.72 Å². The number of nitrogens with one attached hydrogen (secondary N) is 1. The summed E-state index contributed by atoms with van der Waals surface area (Å²) in [6.07, 6.45) is 4.59. The highest BCUT2D eigenvalue weighted by Crippen LogP contribution is 2.11.